The van der Waals surface area contributed by atoms with E-state index in [0.717, 1.165) is 0 Å². The number of nitrogens with zero attached hydrogens (tertiary/aromatic N) is 1. The van der Waals surface area contributed by atoms with Crippen LogP contribution in [-0.2, 0) is 0 Å². The second kappa shape index (κ2) is 8.01. The number of ether oxygens (including phenoxy) is 2. The van der Waals surface area contributed by atoms with E-state index in [9.17, 15) is 9.90 Å². The average Bonchev–Trinajstić information content (AvgIpc) is 2.56. The van der Waals surface area contributed by atoms with E-state index in [1.54, 1.807) is 36.4 Å². The lowest BCUT2D eigenvalue weighted by Gasteiger charge is -2.12. The first kappa shape index (κ1) is 17.3. The molecule has 0 aliphatic heterocycles. The molecule has 0 heterocycles. The summed E-state index contributed by atoms with van der Waals surface area (Å²) < 4.78 is 10.6. The largest absolute Gasteiger partial charge is 0.504 e. The highest BCUT2D eigenvalue weighted by molar-refractivity contribution is 5.97. The maximum Gasteiger partial charge on any atom is 0.275 e. The second-order valence-corrected chi connectivity index (χ2v) is 5.29. The number of carbonyl (C=O) groups is 1. The Morgan fingerprint density at radius 1 is 1.21 bits per heavy atom. The Morgan fingerprint density at radius 3 is 2.67 bits per heavy atom. The molecule has 0 bridgehead atoms. The molecule has 2 N–H and O–H groups in total. The highest BCUT2D eigenvalue weighted by Gasteiger charge is 2.12. The number of hydrazone groups is 1. The van der Waals surface area contributed by atoms with E-state index < -0.39 is 0 Å². The molecule has 0 radical (unpaired) electrons. The first-order chi connectivity index (χ1) is 11.5. The number of para-hydroxylation sites is 1. The summed E-state index contributed by atoms with van der Waals surface area (Å²) >= 11 is 0. The van der Waals surface area contributed by atoms with Crippen molar-refractivity contribution < 1.29 is 19.4 Å². The number of hydrogen-bond acceptors (Lipinski definition) is 5. The van der Waals surface area contributed by atoms with Crippen LogP contribution in [0.3, 0.4) is 0 Å². The van der Waals surface area contributed by atoms with Crippen LogP contribution in [-0.4, -0.2) is 30.4 Å². The molecule has 6 nitrogen and oxygen atoms in total. The van der Waals surface area contributed by atoms with Gasteiger partial charge in [-0.15, -0.1) is 0 Å². The third-order valence-corrected chi connectivity index (χ3v) is 3.08. The third kappa shape index (κ3) is 4.49. The van der Waals surface area contributed by atoms with Crippen LogP contribution in [0.2, 0.25) is 0 Å². The summed E-state index contributed by atoms with van der Waals surface area (Å²) in [7, 11) is 1.46. The van der Waals surface area contributed by atoms with E-state index in [-0.39, 0.29) is 17.8 Å². The van der Waals surface area contributed by atoms with Crippen molar-refractivity contribution >= 4 is 12.1 Å². The molecule has 2 aromatic carbocycles. The summed E-state index contributed by atoms with van der Waals surface area (Å²) in [5.41, 5.74) is 3.55. The summed E-state index contributed by atoms with van der Waals surface area (Å²) in [4.78, 5) is 12.2. The Hall–Kier alpha value is -3.02. The Balaban J connectivity index is 2.08. The number of methoxy groups -OCH3 is 1. The summed E-state index contributed by atoms with van der Waals surface area (Å²) in [5.74, 6) is 0.513. The Labute approximate surface area is 140 Å². The van der Waals surface area contributed by atoms with Gasteiger partial charge in [0.1, 0.15) is 5.75 Å². The third-order valence-electron chi connectivity index (χ3n) is 3.08. The molecule has 0 aliphatic rings. The minimum atomic E-state index is -0.367. The Morgan fingerprint density at radius 2 is 1.96 bits per heavy atom. The van der Waals surface area contributed by atoms with Gasteiger partial charge in [0.2, 0.25) is 0 Å². The van der Waals surface area contributed by atoms with E-state index in [2.05, 4.69) is 10.5 Å². The predicted octanol–water partition coefficient (Wildman–Crippen LogP) is 2.95. The minimum Gasteiger partial charge on any atom is -0.504 e. The van der Waals surface area contributed by atoms with Gasteiger partial charge in [-0.3, -0.25) is 4.79 Å². The van der Waals surface area contributed by atoms with Crippen molar-refractivity contribution in [1.29, 1.82) is 0 Å². The zero-order valence-corrected chi connectivity index (χ0v) is 13.8. The van der Waals surface area contributed by atoms with Crippen molar-refractivity contribution in [1.82, 2.24) is 5.43 Å². The van der Waals surface area contributed by atoms with Crippen molar-refractivity contribution in [2.75, 3.05) is 7.11 Å². The van der Waals surface area contributed by atoms with E-state index in [1.165, 1.54) is 19.4 Å². The molecule has 2 rings (SSSR count). The van der Waals surface area contributed by atoms with E-state index in [0.29, 0.717) is 22.6 Å². The molecular formula is C18H20N2O4. The van der Waals surface area contributed by atoms with Crippen molar-refractivity contribution in [2.45, 2.75) is 20.0 Å². The standard InChI is InChI=1S/C18H20N2O4/c1-12(2)24-16-7-5-4-6-14(16)18(22)20-19-11-13-8-9-15(21)17(10-13)23-3/h4-12,21H,1-3H3,(H,20,22)/b19-11+. The van der Waals surface area contributed by atoms with Crippen LogP contribution in [0.25, 0.3) is 0 Å². The molecule has 1 amide bonds. The number of nitrogens with one attached hydrogen (secondary N) is 1. The molecule has 6 heteroatoms. The van der Waals surface area contributed by atoms with Gasteiger partial charge in [0.25, 0.3) is 5.91 Å². The molecule has 0 saturated heterocycles. The molecule has 2 aromatic rings. The molecule has 0 spiro atoms. The SMILES string of the molecule is COc1cc(/C=N/NC(=O)c2ccccc2OC(C)C)ccc1O. The van der Waals surface area contributed by atoms with Crippen LogP contribution in [0.1, 0.15) is 29.8 Å². The topological polar surface area (TPSA) is 80.2 Å². The van der Waals surface area contributed by atoms with E-state index in [4.69, 9.17) is 9.47 Å². The average molecular weight is 328 g/mol. The van der Waals surface area contributed by atoms with Crippen molar-refractivity contribution in [3.8, 4) is 17.2 Å². The normalized spacial score (nSPS) is 10.8. The Kier molecular flexibility index (Phi) is 5.78. The molecule has 126 valence electrons. The van der Waals surface area contributed by atoms with E-state index in [1.807, 2.05) is 13.8 Å². The van der Waals surface area contributed by atoms with Crippen molar-refractivity contribution in [3.63, 3.8) is 0 Å². The van der Waals surface area contributed by atoms with Gasteiger partial charge in [0.15, 0.2) is 11.5 Å². The summed E-state index contributed by atoms with van der Waals surface area (Å²) in [6, 6.07) is 11.7. The second-order valence-electron chi connectivity index (χ2n) is 5.29. The highest BCUT2D eigenvalue weighted by atomic mass is 16.5. The zero-order chi connectivity index (χ0) is 17.5. The lowest BCUT2D eigenvalue weighted by atomic mass is 10.2. The van der Waals surface area contributed by atoms with Crippen LogP contribution in [0, 0.1) is 0 Å². The maximum absolute atomic E-state index is 12.2. The molecule has 0 unspecified atom stereocenters. The number of amides is 1. The molecule has 0 aliphatic carbocycles. The first-order valence-electron chi connectivity index (χ1n) is 7.47. The molecule has 0 saturated carbocycles. The number of phenolic OH excluding ortho intramolecular Hbond substituents is 1. The molecule has 0 fully saturated rings. The molecular weight excluding hydrogens is 308 g/mol. The van der Waals surface area contributed by atoms with Gasteiger partial charge in [-0.05, 0) is 49.7 Å². The molecule has 0 aromatic heterocycles. The van der Waals surface area contributed by atoms with E-state index >= 15 is 0 Å². The minimum absolute atomic E-state index is 0.0353. The lowest BCUT2D eigenvalue weighted by molar-refractivity contribution is 0.0949. The fourth-order valence-electron chi connectivity index (χ4n) is 2.01. The quantitative estimate of drug-likeness (QED) is 0.631. The van der Waals surface area contributed by atoms with Crippen LogP contribution in [0.5, 0.6) is 17.2 Å². The number of phenols is 1. The maximum atomic E-state index is 12.2. The number of rotatable bonds is 6. The van der Waals surface area contributed by atoms with Gasteiger partial charge in [-0.2, -0.15) is 5.10 Å². The fraction of sp³-hybridized carbons (Fsp3) is 0.222. The van der Waals surface area contributed by atoms with Crippen LogP contribution in [0.15, 0.2) is 47.6 Å². The van der Waals surface area contributed by atoms with Gasteiger partial charge in [-0.1, -0.05) is 12.1 Å². The number of aromatic hydroxyl groups is 1. The van der Waals surface area contributed by atoms with Crippen LogP contribution >= 0.6 is 0 Å². The number of benzene rings is 2. The highest BCUT2D eigenvalue weighted by Crippen LogP contribution is 2.25. The number of carbonyl (C=O) groups excluding carboxylic acids is 1. The van der Waals surface area contributed by atoms with Crippen LogP contribution in [0.4, 0.5) is 0 Å². The molecule has 0 atom stereocenters. The fourth-order valence-corrected chi connectivity index (χ4v) is 2.01. The Bertz CT molecular complexity index is 742. The summed E-state index contributed by atoms with van der Waals surface area (Å²) in [5, 5.41) is 13.5. The van der Waals surface area contributed by atoms with Gasteiger partial charge in [0, 0.05) is 0 Å². The van der Waals surface area contributed by atoms with Gasteiger partial charge in [-0.25, -0.2) is 5.43 Å². The van der Waals surface area contributed by atoms with Crippen molar-refractivity contribution in [2.24, 2.45) is 5.10 Å². The first-order valence-corrected chi connectivity index (χ1v) is 7.47. The number of hydrogen-bond donors (Lipinski definition) is 2. The molecule has 24 heavy (non-hydrogen) atoms. The monoisotopic (exact) mass is 328 g/mol. The lowest BCUT2D eigenvalue weighted by Crippen LogP contribution is -2.19. The summed E-state index contributed by atoms with van der Waals surface area (Å²) in [6.45, 7) is 3.79. The smallest absolute Gasteiger partial charge is 0.275 e. The predicted molar refractivity (Wildman–Crippen MR) is 91.9 cm³/mol. The summed E-state index contributed by atoms with van der Waals surface area (Å²) in [6.07, 6.45) is 1.43. The van der Waals surface area contributed by atoms with Gasteiger partial charge in [0.05, 0.1) is 25.0 Å². The van der Waals surface area contributed by atoms with Gasteiger partial charge >= 0.3 is 0 Å². The zero-order valence-electron chi connectivity index (χ0n) is 13.8. The van der Waals surface area contributed by atoms with Gasteiger partial charge < -0.3 is 14.6 Å². The van der Waals surface area contributed by atoms with Crippen molar-refractivity contribution in [3.05, 3.63) is 53.6 Å². The van der Waals surface area contributed by atoms with Crippen LogP contribution < -0.4 is 14.9 Å².